The number of nitrogens with zero attached hydrogens (tertiary/aromatic N) is 2. The summed E-state index contributed by atoms with van der Waals surface area (Å²) in [4.78, 5) is 19.9. The molecule has 40 heavy (non-hydrogen) atoms. The normalized spacial score (nSPS) is 15.5. The molecule has 0 fully saturated rings. The molecule has 1 amide bonds. The monoisotopic (exact) mass is 563 g/mol. The van der Waals surface area contributed by atoms with Crippen molar-refractivity contribution < 1.29 is 22.7 Å². The van der Waals surface area contributed by atoms with Crippen molar-refractivity contribution in [3.63, 3.8) is 0 Å². The maximum absolute atomic E-state index is 13.5. The highest BCUT2D eigenvalue weighted by Gasteiger charge is 2.37. The van der Waals surface area contributed by atoms with Gasteiger partial charge < -0.3 is 14.4 Å². The number of fused-ring (bicyclic) bond motifs is 1. The number of hydrogen-bond donors (Lipinski definition) is 1. The second-order valence-corrected chi connectivity index (χ2v) is 11.7. The van der Waals surface area contributed by atoms with Crippen molar-refractivity contribution >= 4 is 15.9 Å². The van der Waals surface area contributed by atoms with Gasteiger partial charge in [0.15, 0.2) is 0 Å². The first-order chi connectivity index (χ1) is 19.1. The van der Waals surface area contributed by atoms with E-state index in [0.717, 1.165) is 17.5 Å². The van der Waals surface area contributed by atoms with E-state index >= 15 is 0 Å². The van der Waals surface area contributed by atoms with E-state index in [0.29, 0.717) is 42.3 Å². The van der Waals surface area contributed by atoms with Gasteiger partial charge in [0.25, 0.3) is 5.91 Å². The lowest BCUT2D eigenvalue weighted by Crippen LogP contribution is -2.42. The van der Waals surface area contributed by atoms with E-state index in [9.17, 15) is 13.2 Å². The minimum atomic E-state index is -3.82. The van der Waals surface area contributed by atoms with Crippen LogP contribution in [0, 0.1) is 12.8 Å². The van der Waals surface area contributed by atoms with Crippen molar-refractivity contribution in [1.82, 2.24) is 14.6 Å². The van der Waals surface area contributed by atoms with Crippen molar-refractivity contribution in [2.45, 2.75) is 63.6 Å². The fraction of sp³-hybridized carbons (Fsp3) is 0.355. The third-order valence-corrected chi connectivity index (χ3v) is 8.22. The van der Waals surface area contributed by atoms with Crippen molar-refractivity contribution in [3.8, 4) is 24.5 Å². The number of nitrogens with one attached hydrogen (secondary N) is 1. The van der Waals surface area contributed by atoms with E-state index in [1.54, 1.807) is 30.2 Å². The molecular formula is C31H37N3O5S. The van der Waals surface area contributed by atoms with Gasteiger partial charge in [0.05, 0.1) is 23.6 Å². The largest absolute Gasteiger partial charge is 0.496 e. The van der Waals surface area contributed by atoms with Gasteiger partial charge in [0.2, 0.25) is 15.9 Å². The lowest BCUT2D eigenvalue weighted by atomic mass is 9.91. The number of terminal acetylenes is 1. The zero-order chi connectivity index (χ0) is 29.5. The van der Waals surface area contributed by atoms with Crippen LogP contribution >= 0.6 is 0 Å². The highest BCUT2D eigenvalue weighted by Crippen LogP contribution is 2.39. The number of benzene rings is 2. The van der Waals surface area contributed by atoms with Gasteiger partial charge in [-0.3, -0.25) is 4.79 Å². The van der Waals surface area contributed by atoms with Crippen LogP contribution in [0.15, 0.2) is 65.7 Å². The molecule has 0 saturated carbocycles. The molecule has 1 atom stereocenters. The van der Waals surface area contributed by atoms with E-state index in [4.69, 9.17) is 9.47 Å². The lowest BCUT2D eigenvalue weighted by Gasteiger charge is -2.37. The molecule has 0 aliphatic carbocycles. The Hall–Kier alpha value is -3.87. The molecule has 212 valence electrons. The van der Waals surface area contributed by atoms with E-state index in [2.05, 4.69) is 22.6 Å². The maximum atomic E-state index is 13.5. The summed E-state index contributed by atoms with van der Waals surface area (Å²) < 4.78 is 40.9. The molecule has 2 heterocycles. The molecule has 1 aliphatic rings. The highest BCUT2D eigenvalue weighted by atomic mass is 32.2. The summed E-state index contributed by atoms with van der Waals surface area (Å²) in [5, 5.41) is 0. The summed E-state index contributed by atoms with van der Waals surface area (Å²) in [6.07, 6.45) is 10.7. The summed E-state index contributed by atoms with van der Waals surface area (Å²) in [5.74, 6) is 0.814. The molecule has 1 aromatic heterocycles. The number of ether oxygens (including phenoxy) is 2. The zero-order valence-electron chi connectivity index (χ0n) is 23.7. The second-order valence-electron chi connectivity index (χ2n) is 9.99. The quantitative estimate of drug-likeness (QED) is 0.362. The van der Waals surface area contributed by atoms with Crippen LogP contribution in [-0.4, -0.2) is 43.5 Å². The van der Waals surface area contributed by atoms with Crippen molar-refractivity contribution in [1.29, 1.82) is 0 Å². The molecular weight excluding hydrogens is 526 g/mol. The lowest BCUT2D eigenvalue weighted by molar-refractivity contribution is 0.0637. The number of carbonyl (C=O) groups is 1. The third kappa shape index (κ3) is 7.00. The Kier molecular flexibility index (Phi) is 9.96. The number of rotatable bonds is 9. The molecule has 0 bridgehead atoms. The average molecular weight is 564 g/mol. The number of carbonyl (C=O) groups excluding carboxylic acids is 1. The number of pyridine rings is 1. The highest BCUT2D eigenvalue weighted by molar-refractivity contribution is 7.89. The average Bonchev–Trinajstić information content (AvgIpc) is 2.96. The SMILES string of the molecule is C#C.CCc1ccc(S(=O)(=O)N[C@H]2CC(C)(C)Oc3ncc(C(=O)N(CC)Cc4ccccc4OC)cc32)cc1. The molecule has 4 rings (SSSR count). The fourth-order valence-electron chi connectivity index (χ4n) is 4.64. The molecule has 8 nitrogen and oxygen atoms in total. The molecule has 1 N–H and O–H groups in total. The number of hydrogen-bond acceptors (Lipinski definition) is 6. The predicted octanol–water partition coefficient (Wildman–Crippen LogP) is 5.15. The standard InChI is InChI=1S/C29H35N3O5S.C2H2/c1-6-20-12-14-23(15-13-20)38(34,35)31-25-17-29(3,4)37-27-24(25)16-22(18-30-27)28(33)32(7-2)19-21-10-8-9-11-26(21)36-5;1-2/h8-16,18,25,31H,6-7,17,19H2,1-5H3;1-2H/t25-;/m0./s1. The minimum absolute atomic E-state index is 0.190. The topological polar surface area (TPSA) is 97.8 Å². The summed E-state index contributed by atoms with van der Waals surface area (Å²) in [6.45, 7) is 8.54. The smallest absolute Gasteiger partial charge is 0.255 e. The van der Waals surface area contributed by atoms with Crippen LogP contribution in [0.1, 0.15) is 67.2 Å². The Morgan fingerprint density at radius 3 is 2.45 bits per heavy atom. The van der Waals surface area contributed by atoms with Crippen molar-refractivity contribution in [2.24, 2.45) is 0 Å². The number of sulfonamides is 1. The number of aromatic nitrogens is 1. The van der Waals surface area contributed by atoms with E-state index < -0.39 is 21.7 Å². The molecule has 0 saturated heterocycles. The Labute approximate surface area is 237 Å². The van der Waals surface area contributed by atoms with Gasteiger partial charge in [-0.25, -0.2) is 18.1 Å². The molecule has 9 heteroatoms. The van der Waals surface area contributed by atoms with Gasteiger partial charge >= 0.3 is 0 Å². The maximum Gasteiger partial charge on any atom is 0.255 e. The fourth-order valence-corrected chi connectivity index (χ4v) is 5.86. The van der Waals surface area contributed by atoms with Gasteiger partial charge in [0.1, 0.15) is 11.4 Å². The summed E-state index contributed by atoms with van der Waals surface area (Å²) >= 11 is 0. The zero-order valence-corrected chi connectivity index (χ0v) is 24.5. The first kappa shape index (κ1) is 30.7. The Morgan fingerprint density at radius 1 is 1.15 bits per heavy atom. The van der Waals surface area contributed by atoms with E-state index in [-0.39, 0.29) is 10.8 Å². The molecule has 0 radical (unpaired) electrons. The van der Waals surface area contributed by atoms with Gasteiger partial charge in [-0.1, -0.05) is 37.3 Å². The van der Waals surface area contributed by atoms with Crippen LogP contribution < -0.4 is 14.2 Å². The number of amides is 1. The van der Waals surface area contributed by atoms with Gasteiger partial charge in [0, 0.05) is 36.8 Å². The summed E-state index contributed by atoms with van der Waals surface area (Å²) in [7, 11) is -2.22. The Bertz CT molecular complexity index is 1450. The third-order valence-electron chi connectivity index (χ3n) is 6.73. The molecule has 3 aromatic rings. The van der Waals surface area contributed by atoms with E-state index in [1.165, 1.54) is 6.20 Å². The summed E-state index contributed by atoms with van der Waals surface area (Å²) in [6, 6.07) is 15.5. The Balaban J connectivity index is 0.00000216. The second kappa shape index (κ2) is 13.0. The number of para-hydroxylation sites is 1. The van der Waals surface area contributed by atoms with Crippen LogP contribution in [0.25, 0.3) is 0 Å². The molecule has 0 unspecified atom stereocenters. The number of methoxy groups -OCH3 is 1. The molecule has 1 aliphatic heterocycles. The van der Waals surface area contributed by atoms with Crippen LogP contribution in [0.4, 0.5) is 0 Å². The van der Waals surface area contributed by atoms with Crippen LogP contribution in [0.3, 0.4) is 0 Å². The van der Waals surface area contributed by atoms with Crippen LogP contribution in [0.5, 0.6) is 11.6 Å². The first-order valence-corrected chi connectivity index (χ1v) is 14.6. The Morgan fingerprint density at radius 2 is 1.82 bits per heavy atom. The van der Waals surface area contributed by atoms with Gasteiger partial charge in [-0.05, 0) is 57.0 Å². The van der Waals surface area contributed by atoms with E-state index in [1.807, 2.05) is 64.1 Å². The van der Waals surface area contributed by atoms with Gasteiger partial charge in [-0.15, -0.1) is 12.8 Å². The van der Waals surface area contributed by atoms with Crippen LogP contribution in [-0.2, 0) is 23.0 Å². The van der Waals surface area contributed by atoms with Gasteiger partial charge in [-0.2, -0.15) is 0 Å². The molecule has 0 spiro atoms. The van der Waals surface area contributed by atoms with Crippen molar-refractivity contribution in [3.05, 3.63) is 83.0 Å². The number of aryl methyl sites for hydroxylation is 1. The minimum Gasteiger partial charge on any atom is -0.496 e. The predicted molar refractivity (Wildman–Crippen MR) is 156 cm³/mol. The van der Waals surface area contributed by atoms with Crippen molar-refractivity contribution in [2.75, 3.05) is 13.7 Å². The first-order valence-electron chi connectivity index (χ1n) is 13.1. The molecule has 2 aromatic carbocycles. The summed E-state index contributed by atoms with van der Waals surface area (Å²) in [5.41, 5.74) is 2.20. The van der Waals surface area contributed by atoms with Crippen LogP contribution in [0.2, 0.25) is 0 Å².